The number of carbonyl (C=O) groups excluding carboxylic acids is 2. The van der Waals surface area contributed by atoms with Gasteiger partial charge in [0.2, 0.25) is 0 Å². The molecule has 61 heavy (non-hydrogen) atoms. The Bertz CT molecular complexity index is 1240. The van der Waals surface area contributed by atoms with Crippen LogP contribution in [0.1, 0.15) is 181 Å². The van der Waals surface area contributed by atoms with Crippen LogP contribution in [0.2, 0.25) is 0 Å². The van der Waals surface area contributed by atoms with Crippen LogP contribution < -0.4 is 0 Å². The molecule has 4 rings (SSSR count). The lowest BCUT2D eigenvalue weighted by molar-refractivity contribution is -0.109. The Kier molecular flexibility index (Phi) is 38.5. The van der Waals surface area contributed by atoms with Crippen molar-refractivity contribution in [3.63, 3.8) is 0 Å². The van der Waals surface area contributed by atoms with E-state index in [1.807, 2.05) is 0 Å². The van der Waals surface area contributed by atoms with E-state index in [-0.39, 0.29) is 14.0 Å². The predicted octanol–water partition coefficient (Wildman–Crippen LogP) is 14.2. The fraction of sp³-hybridized carbons (Fsp3) is 0.736. The Hall–Kier alpha value is -2.49. The van der Waals surface area contributed by atoms with Gasteiger partial charge < -0.3 is 28.5 Å². The number of methoxy groups -OCH3 is 4. The van der Waals surface area contributed by atoms with E-state index in [2.05, 4.69) is 81.2 Å². The molecule has 0 N–H and O–H groups in total. The average molecular weight is 862 g/mol. The van der Waals surface area contributed by atoms with Crippen LogP contribution in [-0.2, 0) is 59.2 Å². The number of carbonyl (C=O) groups is 2. The first-order valence-electron chi connectivity index (χ1n) is 24.6. The first kappa shape index (κ1) is 56.5. The smallest absolute Gasteiger partial charge is 0.356 e. The lowest BCUT2D eigenvalue weighted by Gasteiger charge is -2.29. The van der Waals surface area contributed by atoms with Gasteiger partial charge in [-0.3, -0.25) is 0 Å². The Labute approximate surface area is 376 Å². The van der Waals surface area contributed by atoms with E-state index in [0.717, 1.165) is 81.2 Å². The fourth-order valence-corrected chi connectivity index (χ4v) is 8.61. The van der Waals surface area contributed by atoms with E-state index in [9.17, 15) is 14.1 Å². The summed E-state index contributed by atoms with van der Waals surface area (Å²) in [5, 5.41) is 0. The van der Waals surface area contributed by atoms with Crippen LogP contribution in [0.15, 0.2) is 48.5 Å². The lowest BCUT2D eigenvalue weighted by atomic mass is 9.78. The predicted molar refractivity (Wildman–Crippen MR) is 254 cm³/mol. The molecule has 2 aromatic carbocycles. The van der Waals surface area contributed by atoms with Gasteiger partial charge in [-0.05, 0) is 95.4 Å². The van der Waals surface area contributed by atoms with Crippen molar-refractivity contribution < 1.29 is 40.8 Å². The monoisotopic (exact) mass is 862 g/mol. The highest BCUT2D eigenvalue weighted by molar-refractivity contribution is 5.50. The standard InChI is InChI=1S/C14H28O2.C14H22O2.C12H22O.C12H16O.CH3FO/c2*1-4-5-12-6-8-13(9-7-12)10-11-14(15-2)16-3;2*1-2-4-11-6-8-12(9-7-11)5-3-10-13;1-3-2/h12-14H,4-11H2,1-3H3;6-9,14H,4-5,10-11H2,1-3H3;10-12H,2-9H2,1H3;6-10H,2-5H2,1H3;1H3/p+1/i;;;;1T. The molecular weight excluding hydrogens is 768 g/mol. The normalized spacial score (nSPS) is 18.5. The minimum atomic E-state index is -0.597. The molecule has 0 radical (unpaired) electrons. The molecule has 2 aliphatic rings. The summed E-state index contributed by atoms with van der Waals surface area (Å²) in [5.74, 6) is 3.79. The summed E-state index contributed by atoms with van der Waals surface area (Å²) < 4.78 is 36.7. The molecule has 0 atom stereocenters. The van der Waals surface area contributed by atoms with E-state index in [1.165, 1.54) is 125 Å². The van der Waals surface area contributed by atoms with Gasteiger partial charge in [0.05, 0.1) is 8.46 Å². The molecular formula is C53H92FO7+. The zero-order chi connectivity index (χ0) is 46.1. The molecule has 2 aliphatic carbocycles. The highest BCUT2D eigenvalue weighted by atomic mass is 19.3. The molecule has 2 fully saturated rings. The number of halogens is 1. The van der Waals surface area contributed by atoms with E-state index in [0.29, 0.717) is 6.42 Å². The largest absolute Gasteiger partial charge is 1.00 e. The third-order valence-electron chi connectivity index (χ3n) is 12.2. The molecule has 352 valence electrons. The number of aldehydes is 2. The Morgan fingerprint density at radius 1 is 0.525 bits per heavy atom. The summed E-state index contributed by atoms with van der Waals surface area (Å²) in [6.45, 7) is 8.96. The van der Waals surface area contributed by atoms with Crippen molar-refractivity contribution in [1.29, 1.82) is 0 Å². The minimum absolute atomic E-state index is 0. The number of ether oxygens (including phenoxy) is 4. The molecule has 0 amide bonds. The van der Waals surface area contributed by atoms with E-state index in [1.54, 1.807) is 28.4 Å². The highest BCUT2D eigenvalue weighted by Crippen LogP contribution is 2.35. The first-order chi connectivity index (χ1) is 30.2. The van der Waals surface area contributed by atoms with Crippen molar-refractivity contribution in [2.75, 3.05) is 35.5 Å². The summed E-state index contributed by atoms with van der Waals surface area (Å²) in [6.07, 6.45) is 31.2. The molecule has 8 heteroatoms. The average Bonchev–Trinajstić information content (AvgIpc) is 3.31. The summed E-state index contributed by atoms with van der Waals surface area (Å²) in [7, 11) is 6.22. The number of benzene rings is 2. The Balaban J connectivity index is 0. The number of hydrogen-bond donors (Lipinski definition) is 0. The van der Waals surface area contributed by atoms with Gasteiger partial charge in [0.25, 0.3) is 0 Å². The van der Waals surface area contributed by atoms with Gasteiger partial charge in [-0.2, -0.15) is 4.94 Å². The molecule has 7 nitrogen and oxygen atoms in total. The van der Waals surface area contributed by atoms with Crippen molar-refractivity contribution in [2.24, 2.45) is 23.7 Å². The topological polar surface area (TPSA) is 80.3 Å². The third kappa shape index (κ3) is 31.1. The number of rotatable bonds is 24. The molecule has 0 bridgehead atoms. The quantitative estimate of drug-likeness (QED) is 0.0768. The van der Waals surface area contributed by atoms with Crippen LogP contribution >= 0.6 is 0 Å². The molecule has 2 aromatic rings. The SMILES string of the molecule is CCCC1CCC(CCC(OC)OC)CC1.CCCC1CCC(CCC=O)CC1.CCCc1ccc(CCC(OC)OC)cc1.CCCc1ccc(CCC=O)cc1.[3H]COF.[H+]. The first-order valence-corrected chi connectivity index (χ1v) is 23.9. The summed E-state index contributed by atoms with van der Waals surface area (Å²) in [6, 6.07) is 17.4. The number of hydrogen-bond acceptors (Lipinski definition) is 7. The van der Waals surface area contributed by atoms with E-state index >= 15 is 0 Å². The maximum atomic E-state index is 10.2. The van der Waals surface area contributed by atoms with Gasteiger partial charge in [0, 0.05) is 47.7 Å². The molecule has 0 heterocycles. The fourth-order valence-electron chi connectivity index (χ4n) is 8.61. The second kappa shape index (κ2) is 41.5. The second-order valence-corrected chi connectivity index (χ2v) is 17.0. The van der Waals surface area contributed by atoms with Gasteiger partial charge in [-0.25, -0.2) is 0 Å². The highest BCUT2D eigenvalue weighted by Gasteiger charge is 2.22. The zero-order valence-electron chi connectivity index (χ0n) is 42.2. The van der Waals surface area contributed by atoms with Crippen molar-refractivity contribution in [1.82, 2.24) is 0 Å². The molecule has 0 unspecified atom stereocenters. The van der Waals surface area contributed by atoms with Gasteiger partial charge in [-0.1, -0.05) is 166 Å². The summed E-state index contributed by atoms with van der Waals surface area (Å²) >= 11 is 0. The van der Waals surface area contributed by atoms with Gasteiger partial charge in [0.15, 0.2) is 12.6 Å². The van der Waals surface area contributed by atoms with Crippen LogP contribution in [0.25, 0.3) is 0 Å². The third-order valence-corrected chi connectivity index (χ3v) is 12.2. The molecule has 2 saturated carbocycles. The minimum Gasteiger partial charge on any atom is -0.356 e. The van der Waals surface area contributed by atoms with Crippen molar-refractivity contribution in [2.45, 2.75) is 194 Å². The van der Waals surface area contributed by atoms with Crippen LogP contribution in [0.5, 0.6) is 0 Å². The van der Waals surface area contributed by atoms with Crippen molar-refractivity contribution in [3.05, 3.63) is 70.8 Å². The summed E-state index contributed by atoms with van der Waals surface area (Å²) in [4.78, 5) is 23.1. The van der Waals surface area contributed by atoms with E-state index in [4.69, 9.17) is 20.3 Å². The van der Waals surface area contributed by atoms with Gasteiger partial charge >= 0.3 is 1.43 Å². The van der Waals surface area contributed by atoms with Crippen molar-refractivity contribution in [3.8, 4) is 0 Å². The molecule has 0 saturated heterocycles. The van der Waals surface area contributed by atoms with Crippen LogP contribution in [0, 0.1) is 23.7 Å². The zero-order valence-corrected chi connectivity index (χ0v) is 40.2. The van der Waals surface area contributed by atoms with Crippen LogP contribution in [0.3, 0.4) is 0 Å². The Morgan fingerprint density at radius 2 is 0.852 bits per heavy atom. The van der Waals surface area contributed by atoms with Gasteiger partial charge in [0.1, 0.15) is 12.6 Å². The molecule has 0 aromatic heterocycles. The van der Waals surface area contributed by atoms with Crippen LogP contribution in [0.4, 0.5) is 4.53 Å². The maximum absolute atomic E-state index is 10.2. The van der Waals surface area contributed by atoms with Crippen LogP contribution in [-0.4, -0.2) is 60.7 Å². The molecule has 0 spiro atoms. The second-order valence-electron chi connectivity index (χ2n) is 17.0. The lowest BCUT2D eigenvalue weighted by Crippen LogP contribution is -2.18. The summed E-state index contributed by atoms with van der Waals surface area (Å²) in [5.41, 5.74) is 5.41. The Morgan fingerprint density at radius 3 is 1.18 bits per heavy atom. The van der Waals surface area contributed by atoms with Crippen molar-refractivity contribution >= 4 is 12.6 Å². The maximum Gasteiger partial charge on any atom is 1.00 e. The number of aryl methyl sites for hydroxylation is 4. The van der Waals surface area contributed by atoms with Gasteiger partial charge in [-0.15, -0.1) is 0 Å². The van der Waals surface area contributed by atoms with E-state index < -0.39 is 7.09 Å². The molecule has 0 aliphatic heterocycles.